The van der Waals surface area contributed by atoms with Gasteiger partial charge < -0.3 is 10.4 Å². The van der Waals surface area contributed by atoms with Gasteiger partial charge in [0.1, 0.15) is 17.4 Å². The van der Waals surface area contributed by atoms with Crippen LogP contribution < -0.4 is 10.9 Å². The van der Waals surface area contributed by atoms with Crippen LogP contribution in [-0.2, 0) is 6.54 Å². The van der Waals surface area contributed by atoms with Crippen molar-refractivity contribution in [2.45, 2.75) is 46.2 Å². The van der Waals surface area contributed by atoms with Gasteiger partial charge in [-0.15, -0.1) is 0 Å². The fourth-order valence-electron chi connectivity index (χ4n) is 3.30. The van der Waals surface area contributed by atoms with Gasteiger partial charge in [0.15, 0.2) is 5.56 Å². The Morgan fingerprint density at radius 2 is 2.13 bits per heavy atom. The van der Waals surface area contributed by atoms with Crippen LogP contribution in [0.1, 0.15) is 49.7 Å². The van der Waals surface area contributed by atoms with Crippen LogP contribution in [0.4, 0.5) is 0 Å². The van der Waals surface area contributed by atoms with E-state index in [1.54, 1.807) is 18.2 Å². The highest BCUT2D eigenvalue weighted by molar-refractivity contribution is 5.96. The van der Waals surface area contributed by atoms with Crippen molar-refractivity contribution in [3.63, 3.8) is 0 Å². The number of nitrogens with zero attached hydrogens (tertiary/aromatic N) is 5. The molecular formula is C21H22N6O3. The van der Waals surface area contributed by atoms with Crippen LogP contribution in [0.3, 0.4) is 0 Å². The predicted molar refractivity (Wildman–Crippen MR) is 109 cm³/mol. The van der Waals surface area contributed by atoms with E-state index >= 15 is 0 Å². The maximum atomic E-state index is 13.2. The predicted octanol–water partition coefficient (Wildman–Crippen LogP) is 2.07. The van der Waals surface area contributed by atoms with Crippen LogP contribution in [0.25, 0.3) is 16.9 Å². The summed E-state index contributed by atoms with van der Waals surface area (Å²) in [5, 5.41) is 27.3. The van der Waals surface area contributed by atoms with E-state index in [-0.39, 0.29) is 22.7 Å². The van der Waals surface area contributed by atoms with Crippen molar-refractivity contribution in [2.75, 3.05) is 0 Å². The molecule has 2 N–H and O–H groups in total. The molecule has 1 amide bonds. The Morgan fingerprint density at radius 1 is 1.40 bits per heavy atom. The summed E-state index contributed by atoms with van der Waals surface area (Å²) >= 11 is 0. The first kappa shape index (κ1) is 19.6. The number of carbonyl (C=O) groups is 1. The highest BCUT2D eigenvalue weighted by Gasteiger charge is 2.30. The number of fused-ring (bicyclic) bond motifs is 1. The molecule has 30 heavy (non-hydrogen) atoms. The molecule has 154 valence electrons. The first-order valence-electron chi connectivity index (χ1n) is 9.71. The number of nitrogens with one attached hydrogen (secondary N) is 1. The van der Waals surface area contributed by atoms with Gasteiger partial charge in [-0.2, -0.15) is 14.9 Å². The minimum absolute atomic E-state index is 0.0322. The van der Waals surface area contributed by atoms with E-state index in [1.807, 2.05) is 26.8 Å². The quantitative estimate of drug-likeness (QED) is 0.683. The molecule has 0 aromatic carbocycles. The summed E-state index contributed by atoms with van der Waals surface area (Å²) in [7, 11) is 0. The summed E-state index contributed by atoms with van der Waals surface area (Å²) in [4.78, 5) is 30.0. The molecule has 1 fully saturated rings. The van der Waals surface area contributed by atoms with Gasteiger partial charge in [0.25, 0.3) is 11.5 Å². The van der Waals surface area contributed by atoms with E-state index in [2.05, 4.69) is 15.4 Å². The SMILES string of the molecule is CC(C)(C)Cn1c(=O)c(C(=O)NC2CC2)c(O)n2nc(-c3cccnc3C#N)cc12. The lowest BCUT2D eigenvalue weighted by molar-refractivity contribution is 0.0944. The zero-order valence-electron chi connectivity index (χ0n) is 17.0. The third kappa shape index (κ3) is 3.52. The highest BCUT2D eigenvalue weighted by Crippen LogP contribution is 2.27. The fourth-order valence-corrected chi connectivity index (χ4v) is 3.30. The van der Waals surface area contributed by atoms with Crippen LogP contribution in [-0.4, -0.2) is 36.2 Å². The van der Waals surface area contributed by atoms with Gasteiger partial charge >= 0.3 is 0 Å². The lowest BCUT2D eigenvalue weighted by Gasteiger charge is -2.21. The number of rotatable bonds is 4. The largest absolute Gasteiger partial charge is 0.492 e. The minimum atomic E-state index is -0.610. The summed E-state index contributed by atoms with van der Waals surface area (Å²) in [5.41, 5.74) is 0.169. The number of nitriles is 1. The smallest absolute Gasteiger partial charge is 0.270 e. The number of pyridine rings is 1. The van der Waals surface area contributed by atoms with Crippen molar-refractivity contribution in [3.05, 3.63) is 46.0 Å². The molecule has 1 aliphatic rings. The van der Waals surface area contributed by atoms with Gasteiger partial charge in [-0.05, 0) is 30.4 Å². The number of hydrogen-bond acceptors (Lipinski definition) is 6. The standard InChI is InChI=1S/C21H22N6O3/c1-21(2,3)11-26-16-9-14(13-5-4-8-23-15(13)10-22)25-27(16)20(30)17(19(26)29)18(28)24-12-6-7-12/h4-5,8-9,12,30H,6-7,11H2,1-3H3,(H,24,28). The molecule has 0 spiro atoms. The first-order chi connectivity index (χ1) is 14.2. The molecule has 0 saturated heterocycles. The average Bonchev–Trinajstić information content (AvgIpc) is 3.38. The van der Waals surface area contributed by atoms with E-state index in [1.165, 1.54) is 15.3 Å². The molecule has 9 nitrogen and oxygen atoms in total. The van der Waals surface area contributed by atoms with Crippen LogP contribution in [0.15, 0.2) is 29.2 Å². The number of aromatic hydroxyl groups is 1. The summed E-state index contributed by atoms with van der Waals surface area (Å²) in [6.45, 7) is 6.22. The topological polar surface area (TPSA) is 125 Å². The van der Waals surface area contributed by atoms with Crippen molar-refractivity contribution in [3.8, 4) is 23.2 Å². The summed E-state index contributed by atoms with van der Waals surface area (Å²) < 4.78 is 2.62. The Labute approximate surface area is 172 Å². The van der Waals surface area contributed by atoms with Gasteiger partial charge in [0.05, 0.1) is 5.69 Å². The highest BCUT2D eigenvalue weighted by atomic mass is 16.3. The first-order valence-corrected chi connectivity index (χ1v) is 9.71. The van der Waals surface area contributed by atoms with Crippen LogP contribution >= 0.6 is 0 Å². The molecule has 0 atom stereocenters. The second kappa shape index (κ2) is 6.99. The number of aromatic nitrogens is 4. The summed E-state index contributed by atoms with van der Waals surface area (Å²) in [6.07, 6.45) is 3.22. The van der Waals surface area contributed by atoms with Crippen LogP contribution in [0.5, 0.6) is 5.88 Å². The summed E-state index contributed by atoms with van der Waals surface area (Å²) in [5.74, 6) is -1.13. The van der Waals surface area contributed by atoms with E-state index in [4.69, 9.17) is 0 Å². The Bertz CT molecular complexity index is 1250. The van der Waals surface area contributed by atoms with Crippen molar-refractivity contribution in [1.29, 1.82) is 5.26 Å². The van der Waals surface area contributed by atoms with Crippen molar-refractivity contribution in [1.82, 2.24) is 24.5 Å². The van der Waals surface area contributed by atoms with Gasteiger partial charge in [0.2, 0.25) is 5.88 Å². The van der Waals surface area contributed by atoms with Crippen molar-refractivity contribution in [2.24, 2.45) is 5.41 Å². The third-order valence-corrected chi connectivity index (χ3v) is 4.81. The van der Waals surface area contributed by atoms with Gasteiger partial charge in [-0.25, -0.2) is 4.98 Å². The van der Waals surface area contributed by atoms with Crippen LogP contribution in [0.2, 0.25) is 0 Å². The normalized spacial score (nSPS) is 13.9. The molecule has 1 saturated carbocycles. The molecule has 3 aromatic heterocycles. The Kier molecular flexibility index (Phi) is 4.57. The monoisotopic (exact) mass is 406 g/mol. The number of carbonyl (C=O) groups excluding carboxylic acids is 1. The fraction of sp³-hybridized carbons (Fsp3) is 0.381. The molecule has 0 aliphatic heterocycles. The lowest BCUT2D eigenvalue weighted by atomic mass is 9.96. The second-order valence-corrected chi connectivity index (χ2v) is 8.71. The lowest BCUT2D eigenvalue weighted by Crippen LogP contribution is -2.37. The minimum Gasteiger partial charge on any atom is -0.492 e. The third-order valence-electron chi connectivity index (χ3n) is 4.81. The van der Waals surface area contributed by atoms with E-state index < -0.39 is 17.3 Å². The summed E-state index contributed by atoms with van der Waals surface area (Å²) in [6, 6.07) is 7.04. The van der Waals surface area contributed by atoms with Crippen LogP contribution in [0, 0.1) is 16.7 Å². The van der Waals surface area contributed by atoms with Gasteiger partial charge in [-0.3, -0.25) is 14.2 Å². The zero-order valence-corrected chi connectivity index (χ0v) is 17.0. The molecule has 3 heterocycles. The molecule has 0 radical (unpaired) electrons. The second-order valence-electron chi connectivity index (χ2n) is 8.71. The van der Waals surface area contributed by atoms with E-state index in [0.717, 1.165) is 12.8 Å². The molecule has 0 unspecified atom stereocenters. The maximum absolute atomic E-state index is 13.2. The zero-order chi connectivity index (χ0) is 21.6. The Morgan fingerprint density at radius 3 is 2.77 bits per heavy atom. The van der Waals surface area contributed by atoms with E-state index in [0.29, 0.717) is 23.4 Å². The molecular weight excluding hydrogens is 384 g/mol. The number of hydrogen-bond donors (Lipinski definition) is 2. The molecule has 0 bridgehead atoms. The molecule has 1 aliphatic carbocycles. The molecule has 3 aromatic rings. The number of amides is 1. The van der Waals surface area contributed by atoms with E-state index in [9.17, 15) is 20.0 Å². The van der Waals surface area contributed by atoms with Gasteiger partial charge in [0, 0.05) is 30.4 Å². The van der Waals surface area contributed by atoms with Crippen molar-refractivity contribution < 1.29 is 9.90 Å². The molecule has 4 rings (SSSR count). The maximum Gasteiger partial charge on any atom is 0.270 e. The Balaban J connectivity index is 1.98. The van der Waals surface area contributed by atoms with Gasteiger partial charge in [-0.1, -0.05) is 20.8 Å². The Hall–Kier alpha value is -3.67. The average molecular weight is 406 g/mol. The van der Waals surface area contributed by atoms with Crippen molar-refractivity contribution >= 4 is 11.6 Å². The molecule has 9 heteroatoms.